The van der Waals surface area contributed by atoms with Crippen molar-refractivity contribution in [3.05, 3.63) is 23.9 Å². The molecule has 1 aromatic heterocycles. The van der Waals surface area contributed by atoms with E-state index in [1.165, 1.54) is 12.3 Å². The molecule has 0 unspecified atom stereocenters. The van der Waals surface area contributed by atoms with Gasteiger partial charge in [0, 0.05) is 12.7 Å². The Morgan fingerprint density at radius 3 is 2.61 bits per heavy atom. The van der Waals surface area contributed by atoms with E-state index in [9.17, 15) is 13.2 Å². The summed E-state index contributed by atoms with van der Waals surface area (Å²) in [5, 5.41) is 2.74. The molecule has 0 spiro atoms. The quantitative estimate of drug-likeness (QED) is 0.798. The summed E-state index contributed by atoms with van der Waals surface area (Å²) in [6.45, 7) is 1.42. The minimum atomic E-state index is -4.36. The SMILES string of the molecule is CN(C)CCCCNc1ncccc1C(F)(F)F. The van der Waals surface area contributed by atoms with Crippen molar-refractivity contribution >= 4 is 5.82 Å². The van der Waals surface area contributed by atoms with Gasteiger partial charge in [0.2, 0.25) is 0 Å². The van der Waals surface area contributed by atoms with Crippen LogP contribution in [0.5, 0.6) is 0 Å². The number of hydrogen-bond donors (Lipinski definition) is 1. The van der Waals surface area contributed by atoms with Gasteiger partial charge in [0.05, 0.1) is 5.56 Å². The van der Waals surface area contributed by atoms with E-state index < -0.39 is 11.7 Å². The molecule has 0 amide bonds. The zero-order valence-corrected chi connectivity index (χ0v) is 10.6. The van der Waals surface area contributed by atoms with E-state index in [2.05, 4.69) is 10.3 Å². The fraction of sp³-hybridized carbons (Fsp3) is 0.583. The van der Waals surface area contributed by atoms with Crippen molar-refractivity contribution in [3.63, 3.8) is 0 Å². The Kier molecular flexibility index (Phi) is 5.40. The summed E-state index contributed by atoms with van der Waals surface area (Å²) in [6, 6.07) is 2.33. The summed E-state index contributed by atoms with van der Waals surface area (Å²) >= 11 is 0. The van der Waals surface area contributed by atoms with Crippen molar-refractivity contribution in [2.24, 2.45) is 0 Å². The average molecular weight is 261 g/mol. The molecule has 0 aliphatic rings. The number of hydrogen-bond acceptors (Lipinski definition) is 3. The Morgan fingerprint density at radius 2 is 2.00 bits per heavy atom. The molecular weight excluding hydrogens is 243 g/mol. The van der Waals surface area contributed by atoms with Crippen LogP contribution in [0.3, 0.4) is 0 Å². The molecule has 0 fully saturated rings. The molecule has 1 N–H and O–H groups in total. The smallest absolute Gasteiger partial charge is 0.370 e. The van der Waals surface area contributed by atoms with Crippen LogP contribution >= 0.6 is 0 Å². The van der Waals surface area contributed by atoms with Gasteiger partial charge in [-0.25, -0.2) is 4.98 Å². The lowest BCUT2D eigenvalue weighted by molar-refractivity contribution is -0.137. The third-order valence-electron chi connectivity index (χ3n) is 2.44. The minimum absolute atomic E-state index is 0.0881. The Morgan fingerprint density at radius 1 is 1.28 bits per heavy atom. The molecule has 0 aliphatic heterocycles. The van der Waals surface area contributed by atoms with Crippen molar-refractivity contribution in [1.29, 1.82) is 0 Å². The first kappa shape index (κ1) is 14.8. The van der Waals surface area contributed by atoms with E-state index in [1.807, 2.05) is 19.0 Å². The fourth-order valence-corrected chi connectivity index (χ4v) is 1.53. The summed E-state index contributed by atoms with van der Waals surface area (Å²) in [4.78, 5) is 5.78. The Labute approximate surface area is 105 Å². The van der Waals surface area contributed by atoms with Crippen LogP contribution in [0.25, 0.3) is 0 Å². The zero-order chi connectivity index (χ0) is 13.6. The molecule has 1 heterocycles. The number of nitrogens with one attached hydrogen (secondary N) is 1. The molecule has 0 aliphatic carbocycles. The van der Waals surface area contributed by atoms with E-state index in [4.69, 9.17) is 0 Å². The number of anilines is 1. The predicted molar refractivity (Wildman–Crippen MR) is 65.5 cm³/mol. The maximum atomic E-state index is 12.6. The van der Waals surface area contributed by atoms with Crippen LogP contribution in [0.2, 0.25) is 0 Å². The average Bonchev–Trinajstić information content (AvgIpc) is 2.27. The molecule has 0 radical (unpaired) electrons. The van der Waals surface area contributed by atoms with Gasteiger partial charge < -0.3 is 10.2 Å². The Balaban J connectivity index is 2.47. The van der Waals surface area contributed by atoms with E-state index in [-0.39, 0.29) is 5.82 Å². The number of unbranched alkanes of at least 4 members (excludes halogenated alkanes) is 1. The van der Waals surface area contributed by atoms with Crippen LogP contribution < -0.4 is 5.32 Å². The maximum absolute atomic E-state index is 12.6. The van der Waals surface area contributed by atoms with Crippen LogP contribution in [0.1, 0.15) is 18.4 Å². The van der Waals surface area contributed by atoms with Crippen LogP contribution in [0.4, 0.5) is 19.0 Å². The minimum Gasteiger partial charge on any atom is -0.370 e. The first-order valence-electron chi connectivity index (χ1n) is 5.82. The van der Waals surface area contributed by atoms with Gasteiger partial charge in [-0.2, -0.15) is 13.2 Å². The van der Waals surface area contributed by atoms with Gasteiger partial charge in [0.25, 0.3) is 0 Å². The largest absolute Gasteiger partial charge is 0.419 e. The molecule has 0 bridgehead atoms. The van der Waals surface area contributed by atoms with Gasteiger partial charge in [-0.3, -0.25) is 0 Å². The van der Waals surface area contributed by atoms with Crippen molar-refractivity contribution in [2.45, 2.75) is 19.0 Å². The van der Waals surface area contributed by atoms with E-state index in [1.54, 1.807) is 0 Å². The molecule has 0 atom stereocenters. The van der Waals surface area contributed by atoms with Crippen molar-refractivity contribution < 1.29 is 13.2 Å². The second-order valence-electron chi connectivity index (χ2n) is 4.33. The highest BCUT2D eigenvalue weighted by Gasteiger charge is 2.33. The summed E-state index contributed by atoms with van der Waals surface area (Å²) in [6.07, 6.45) is -1.25. The van der Waals surface area contributed by atoms with Gasteiger partial charge in [-0.1, -0.05) is 0 Å². The monoisotopic (exact) mass is 261 g/mol. The Bertz CT molecular complexity index is 364. The molecule has 6 heteroatoms. The van der Waals surface area contributed by atoms with Gasteiger partial charge >= 0.3 is 6.18 Å². The van der Waals surface area contributed by atoms with E-state index >= 15 is 0 Å². The molecule has 0 aromatic carbocycles. The number of alkyl halides is 3. The van der Waals surface area contributed by atoms with Crippen LogP contribution in [-0.2, 0) is 6.18 Å². The van der Waals surface area contributed by atoms with Crippen molar-refractivity contribution in [2.75, 3.05) is 32.5 Å². The fourth-order valence-electron chi connectivity index (χ4n) is 1.53. The molecule has 1 aromatic rings. The third kappa shape index (κ3) is 4.91. The number of pyridine rings is 1. The van der Waals surface area contributed by atoms with Gasteiger partial charge in [0.15, 0.2) is 0 Å². The van der Waals surface area contributed by atoms with Crippen LogP contribution in [-0.4, -0.2) is 37.1 Å². The topological polar surface area (TPSA) is 28.2 Å². The lowest BCUT2D eigenvalue weighted by Crippen LogP contribution is -2.16. The molecule has 1 rings (SSSR count). The van der Waals surface area contributed by atoms with Gasteiger partial charge in [-0.05, 0) is 45.6 Å². The lowest BCUT2D eigenvalue weighted by atomic mass is 10.2. The summed E-state index contributed by atoms with van der Waals surface area (Å²) in [5.74, 6) is -0.0881. The van der Waals surface area contributed by atoms with E-state index in [0.29, 0.717) is 6.54 Å². The van der Waals surface area contributed by atoms with Gasteiger partial charge in [0.1, 0.15) is 5.82 Å². The van der Waals surface area contributed by atoms with Crippen LogP contribution in [0, 0.1) is 0 Å². The highest BCUT2D eigenvalue weighted by atomic mass is 19.4. The van der Waals surface area contributed by atoms with Crippen molar-refractivity contribution in [1.82, 2.24) is 9.88 Å². The normalized spacial score (nSPS) is 11.9. The molecule has 18 heavy (non-hydrogen) atoms. The molecule has 102 valence electrons. The molecule has 3 nitrogen and oxygen atoms in total. The third-order valence-corrected chi connectivity index (χ3v) is 2.44. The van der Waals surface area contributed by atoms with Crippen LogP contribution in [0.15, 0.2) is 18.3 Å². The second-order valence-corrected chi connectivity index (χ2v) is 4.33. The first-order valence-corrected chi connectivity index (χ1v) is 5.82. The summed E-state index contributed by atoms with van der Waals surface area (Å²) in [5.41, 5.74) is -0.711. The molecule has 0 saturated heterocycles. The standard InChI is InChI=1S/C12H18F3N3/c1-18(2)9-4-3-7-16-11-10(12(13,14)15)6-5-8-17-11/h5-6,8H,3-4,7,9H2,1-2H3,(H,16,17). The number of aromatic nitrogens is 1. The summed E-state index contributed by atoms with van der Waals surface area (Å²) in [7, 11) is 3.93. The number of halogens is 3. The Hall–Kier alpha value is -1.30. The summed E-state index contributed by atoms with van der Waals surface area (Å²) < 4.78 is 37.9. The second kappa shape index (κ2) is 6.58. The number of nitrogens with zero attached hydrogens (tertiary/aromatic N) is 2. The first-order chi connectivity index (χ1) is 8.41. The zero-order valence-electron chi connectivity index (χ0n) is 10.6. The van der Waals surface area contributed by atoms with E-state index in [0.717, 1.165) is 25.5 Å². The maximum Gasteiger partial charge on any atom is 0.419 e. The van der Waals surface area contributed by atoms with Gasteiger partial charge in [-0.15, -0.1) is 0 Å². The highest BCUT2D eigenvalue weighted by Crippen LogP contribution is 2.33. The highest BCUT2D eigenvalue weighted by molar-refractivity contribution is 5.45. The molecule has 0 saturated carbocycles. The number of rotatable bonds is 6. The lowest BCUT2D eigenvalue weighted by Gasteiger charge is -2.13. The predicted octanol–water partition coefficient (Wildman–Crippen LogP) is 2.85. The van der Waals surface area contributed by atoms with Crippen molar-refractivity contribution in [3.8, 4) is 0 Å². The molecular formula is C12H18F3N3.